The zero-order valence-electron chi connectivity index (χ0n) is 16.8. The van der Waals surface area contributed by atoms with Crippen molar-refractivity contribution in [1.82, 2.24) is 30.1 Å². The molecule has 0 bridgehead atoms. The van der Waals surface area contributed by atoms with E-state index in [0.717, 1.165) is 18.5 Å². The van der Waals surface area contributed by atoms with Gasteiger partial charge in [-0.05, 0) is 33.6 Å². The van der Waals surface area contributed by atoms with Gasteiger partial charge >= 0.3 is 0 Å². The monoisotopic (exact) mass is 419 g/mol. The van der Waals surface area contributed by atoms with E-state index in [1.807, 2.05) is 26.8 Å². The highest BCUT2D eigenvalue weighted by Crippen LogP contribution is 2.16. The van der Waals surface area contributed by atoms with Crippen LogP contribution in [0.4, 0.5) is 0 Å². The Morgan fingerprint density at radius 3 is 2.90 bits per heavy atom. The molecule has 0 radical (unpaired) electrons. The van der Waals surface area contributed by atoms with Crippen LogP contribution in [0.2, 0.25) is 0 Å². The third-order valence-electron chi connectivity index (χ3n) is 4.83. The number of hydrogen-bond donors (Lipinski definition) is 2. The van der Waals surface area contributed by atoms with E-state index in [1.165, 1.54) is 6.20 Å². The Labute approximate surface area is 175 Å². The number of aryl methyl sites for hydroxylation is 1. The number of carbonyl (C=O) groups is 2. The van der Waals surface area contributed by atoms with E-state index < -0.39 is 5.54 Å². The molecule has 0 unspecified atom stereocenters. The molecule has 3 heterocycles. The first-order valence-electron chi connectivity index (χ1n) is 9.33. The van der Waals surface area contributed by atoms with E-state index in [0.29, 0.717) is 24.3 Å². The number of hydrogen-bond acceptors (Lipinski definition) is 6. The number of nitrogens with one attached hydrogen (secondary N) is 2. The van der Waals surface area contributed by atoms with E-state index in [9.17, 15) is 9.59 Å². The number of rotatable bonds is 6. The second-order valence-corrected chi connectivity index (χ2v) is 7.73. The highest BCUT2D eigenvalue weighted by atomic mass is 35.5. The number of carbonyl (C=O) groups excluding carboxylic acids is 2. The fourth-order valence-electron chi connectivity index (χ4n) is 3.19. The van der Waals surface area contributed by atoms with Gasteiger partial charge in [0, 0.05) is 37.1 Å². The summed E-state index contributed by atoms with van der Waals surface area (Å²) in [7, 11) is 0. The summed E-state index contributed by atoms with van der Waals surface area (Å²) in [5.41, 5.74) is 1.44. The maximum atomic E-state index is 12.4. The lowest BCUT2D eigenvalue weighted by Crippen LogP contribution is -2.52. The molecule has 2 aromatic rings. The molecule has 3 rings (SSSR count). The van der Waals surface area contributed by atoms with Crippen molar-refractivity contribution in [3.63, 3.8) is 0 Å². The summed E-state index contributed by atoms with van der Waals surface area (Å²) in [6.45, 7) is 6.76. The minimum absolute atomic E-state index is 0. The fourth-order valence-corrected chi connectivity index (χ4v) is 3.19. The Kier molecular flexibility index (Phi) is 7.16. The van der Waals surface area contributed by atoms with Crippen LogP contribution in [0.15, 0.2) is 18.5 Å². The van der Waals surface area contributed by atoms with Crippen molar-refractivity contribution in [3.05, 3.63) is 29.7 Å². The van der Waals surface area contributed by atoms with Gasteiger partial charge in [-0.25, -0.2) is 9.50 Å². The topological polar surface area (TPSA) is 115 Å². The molecule has 0 spiro atoms. The van der Waals surface area contributed by atoms with Crippen molar-refractivity contribution in [1.29, 1.82) is 5.26 Å². The maximum Gasteiger partial charge on any atom is 0.254 e. The molecule has 1 atom stereocenters. The zero-order chi connectivity index (χ0) is 20.3. The Morgan fingerprint density at radius 2 is 2.17 bits per heavy atom. The largest absolute Gasteiger partial charge is 0.350 e. The molecule has 1 aliphatic heterocycles. The first-order chi connectivity index (χ1) is 13.3. The third kappa shape index (κ3) is 5.43. The van der Waals surface area contributed by atoms with Crippen LogP contribution in [-0.4, -0.2) is 62.5 Å². The molecule has 156 valence electrons. The van der Waals surface area contributed by atoms with Crippen LogP contribution in [0.1, 0.15) is 42.7 Å². The smallest absolute Gasteiger partial charge is 0.254 e. The van der Waals surface area contributed by atoms with Crippen molar-refractivity contribution in [2.24, 2.45) is 0 Å². The van der Waals surface area contributed by atoms with Gasteiger partial charge in [0.1, 0.15) is 6.04 Å². The van der Waals surface area contributed by atoms with Crippen molar-refractivity contribution in [3.8, 4) is 6.07 Å². The number of aromatic nitrogens is 3. The number of likely N-dealkylation sites (tertiary alicyclic amines) is 1. The average molecular weight is 420 g/mol. The lowest BCUT2D eigenvalue weighted by Gasteiger charge is -2.28. The Morgan fingerprint density at radius 1 is 1.41 bits per heavy atom. The standard InChI is InChI=1S/C19H25N7O2.ClH/c1-13-7-16-21-9-14(11-26(16)24-13)18(28)22-12-19(2,3)23-10-17(27)25-6-4-5-15(25)8-20;/h7,9,11,15,23H,4-6,10,12H2,1-3H3,(H,22,28);1H/t15-;/m0./s1. The Bertz CT molecular complexity index is 934. The molecule has 9 nitrogen and oxygen atoms in total. The quantitative estimate of drug-likeness (QED) is 0.723. The normalized spacial score (nSPS) is 16.3. The van der Waals surface area contributed by atoms with Crippen LogP contribution in [0.3, 0.4) is 0 Å². The van der Waals surface area contributed by atoms with E-state index in [4.69, 9.17) is 5.26 Å². The first-order valence-corrected chi connectivity index (χ1v) is 9.33. The Hall–Kier alpha value is -2.70. The molecule has 10 heteroatoms. The number of amides is 2. The summed E-state index contributed by atoms with van der Waals surface area (Å²) in [5.74, 6) is -0.347. The predicted molar refractivity (Wildman–Crippen MR) is 110 cm³/mol. The van der Waals surface area contributed by atoms with E-state index in [2.05, 4.69) is 26.8 Å². The van der Waals surface area contributed by atoms with Crippen LogP contribution < -0.4 is 10.6 Å². The van der Waals surface area contributed by atoms with Crippen LogP contribution >= 0.6 is 12.4 Å². The van der Waals surface area contributed by atoms with Gasteiger partial charge in [0.25, 0.3) is 5.91 Å². The molecule has 29 heavy (non-hydrogen) atoms. The van der Waals surface area contributed by atoms with Crippen molar-refractivity contribution < 1.29 is 9.59 Å². The summed E-state index contributed by atoms with van der Waals surface area (Å²) in [6.07, 6.45) is 4.75. The zero-order valence-corrected chi connectivity index (χ0v) is 17.6. The molecule has 0 aromatic carbocycles. The van der Waals surface area contributed by atoms with Crippen LogP contribution in [-0.2, 0) is 4.79 Å². The molecule has 0 saturated carbocycles. The second-order valence-electron chi connectivity index (χ2n) is 7.73. The van der Waals surface area contributed by atoms with Gasteiger partial charge in [0.2, 0.25) is 5.91 Å². The van der Waals surface area contributed by atoms with E-state index >= 15 is 0 Å². The van der Waals surface area contributed by atoms with Gasteiger partial charge in [0.15, 0.2) is 5.65 Å². The summed E-state index contributed by atoms with van der Waals surface area (Å²) < 4.78 is 1.58. The molecule has 2 aromatic heterocycles. The molecule has 2 N–H and O–H groups in total. The molecule has 1 fully saturated rings. The Balaban J connectivity index is 0.00000300. The van der Waals surface area contributed by atoms with Crippen molar-refractivity contribution in [2.75, 3.05) is 19.6 Å². The lowest BCUT2D eigenvalue weighted by molar-refractivity contribution is -0.130. The minimum Gasteiger partial charge on any atom is -0.350 e. The summed E-state index contributed by atoms with van der Waals surface area (Å²) in [6, 6.07) is 3.68. The molecule has 2 amide bonds. The van der Waals surface area contributed by atoms with Crippen molar-refractivity contribution in [2.45, 2.75) is 45.2 Å². The molecule has 1 aliphatic rings. The summed E-state index contributed by atoms with van der Waals surface area (Å²) in [4.78, 5) is 30.6. The molecule has 1 saturated heterocycles. The average Bonchev–Trinajstić information content (AvgIpc) is 3.28. The second kappa shape index (κ2) is 9.20. The van der Waals surface area contributed by atoms with Gasteiger partial charge < -0.3 is 15.5 Å². The summed E-state index contributed by atoms with van der Waals surface area (Å²) >= 11 is 0. The van der Waals surface area contributed by atoms with Gasteiger partial charge in [-0.3, -0.25) is 9.59 Å². The van der Waals surface area contributed by atoms with Crippen molar-refractivity contribution >= 4 is 29.9 Å². The highest BCUT2D eigenvalue weighted by Gasteiger charge is 2.29. The van der Waals surface area contributed by atoms with Gasteiger partial charge in [-0.15, -0.1) is 12.4 Å². The van der Waals surface area contributed by atoms with E-state index in [1.54, 1.807) is 15.6 Å². The maximum absolute atomic E-state index is 12.4. The number of halogens is 1. The minimum atomic E-state index is -0.493. The van der Waals surface area contributed by atoms with E-state index in [-0.39, 0.29) is 36.8 Å². The van der Waals surface area contributed by atoms with Crippen LogP contribution in [0.5, 0.6) is 0 Å². The first kappa shape index (κ1) is 22.6. The highest BCUT2D eigenvalue weighted by molar-refractivity contribution is 5.93. The van der Waals surface area contributed by atoms with Gasteiger partial charge in [-0.2, -0.15) is 10.4 Å². The fraction of sp³-hybridized carbons (Fsp3) is 0.526. The number of nitriles is 1. The molecule has 0 aliphatic carbocycles. The lowest BCUT2D eigenvalue weighted by atomic mass is 10.1. The summed E-state index contributed by atoms with van der Waals surface area (Å²) in [5, 5.41) is 19.4. The SMILES string of the molecule is Cc1cc2ncc(C(=O)NCC(C)(C)NCC(=O)N3CCC[C@H]3C#N)cn2n1.Cl. The molecular formula is C19H26ClN7O2. The number of nitrogens with zero attached hydrogens (tertiary/aromatic N) is 5. The molecular weight excluding hydrogens is 394 g/mol. The van der Waals surface area contributed by atoms with Crippen LogP contribution in [0, 0.1) is 18.3 Å². The van der Waals surface area contributed by atoms with Gasteiger partial charge in [0.05, 0.1) is 23.9 Å². The third-order valence-corrected chi connectivity index (χ3v) is 4.83. The number of fused-ring (bicyclic) bond motifs is 1. The van der Waals surface area contributed by atoms with Crippen LogP contribution in [0.25, 0.3) is 5.65 Å². The van der Waals surface area contributed by atoms with Gasteiger partial charge in [-0.1, -0.05) is 0 Å². The predicted octanol–water partition coefficient (Wildman–Crippen LogP) is 1.07.